The van der Waals surface area contributed by atoms with Crippen LogP contribution in [0.1, 0.15) is 77.7 Å². The molecule has 0 radical (unpaired) electrons. The molecule has 0 aromatic heterocycles. The molecule has 2 aliphatic heterocycles. The van der Waals surface area contributed by atoms with Crippen molar-refractivity contribution < 1.29 is 28.6 Å². The third kappa shape index (κ3) is 7.48. The zero-order valence-corrected chi connectivity index (χ0v) is 28.3. The first kappa shape index (κ1) is 34.1. The summed E-state index contributed by atoms with van der Waals surface area (Å²) in [4.78, 5) is 44.9. The molecule has 0 bridgehead atoms. The Balaban J connectivity index is 1.30. The number of hydrogen-bond acceptors (Lipinski definition) is 7. The average molecular weight is 634 g/mol. The van der Waals surface area contributed by atoms with E-state index < -0.39 is 11.2 Å². The van der Waals surface area contributed by atoms with Crippen molar-refractivity contribution in [1.29, 1.82) is 0 Å². The van der Waals surface area contributed by atoms with Gasteiger partial charge < -0.3 is 29.3 Å². The monoisotopic (exact) mass is 633 g/mol. The number of anilines is 2. The Morgan fingerprint density at radius 1 is 1.09 bits per heavy atom. The van der Waals surface area contributed by atoms with Crippen LogP contribution in [0.25, 0.3) is 0 Å². The van der Waals surface area contributed by atoms with Gasteiger partial charge in [-0.2, -0.15) is 0 Å². The summed E-state index contributed by atoms with van der Waals surface area (Å²) in [5.74, 6) is 0.275. The van der Waals surface area contributed by atoms with Crippen molar-refractivity contribution in [3.8, 4) is 5.75 Å². The number of nitrogens with one attached hydrogen (secondary N) is 1. The van der Waals surface area contributed by atoms with Crippen molar-refractivity contribution in [1.82, 2.24) is 5.32 Å². The number of ketones is 1. The molecule has 2 aromatic rings. The number of ether oxygens (including phenoxy) is 3. The van der Waals surface area contributed by atoms with E-state index in [1.54, 1.807) is 33.0 Å². The van der Waals surface area contributed by atoms with Crippen LogP contribution in [0.4, 0.5) is 11.4 Å². The fourth-order valence-electron chi connectivity index (χ4n) is 6.95. The van der Waals surface area contributed by atoms with Gasteiger partial charge in [0, 0.05) is 70.4 Å². The molecule has 1 saturated heterocycles. The summed E-state index contributed by atoms with van der Waals surface area (Å²) in [5.41, 5.74) is 1.20. The van der Waals surface area contributed by atoms with Crippen LogP contribution in [0.5, 0.6) is 5.75 Å². The SMILES string of the molecule is COCCCN1C(=O)C(C)(C)Oc2ccc(N(C(=O)[C@H]3CNC[C@@H](C(=O)CC[C@H](c4ccccc4)C(C)(C)OC)C3)C3CC3)cc21. The molecule has 3 aliphatic rings. The van der Waals surface area contributed by atoms with Gasteiger partial charge in [0.05, 0.1) is 17.2 Å². The van der Waals surface area contributed by atoms with Crippen molar-refractivity contribution in [2.24, 2.45) is 11.8 Å². The Morgan fingerprint density at radius 2 is 1.80 bits per heavy atom. The van der Waals surface area contributed by atoms with Crippen molar-refractivity contribution >= 4 is 29.0 Å². The molecule has 2 heterocycles. The maximum absolute atomic E-state index is 14.2. The van der Waals surface area contributed by atoms with Crippen LogP contribution in [0, 0.1) is 11.8 Å². The quantitative estimate of drug-likeness (QED) is 0.274. The van der Waals surface area contributed by atoms with Crippen molar-refractivity contribution in [2.75, 3.05) is 50.3 Å². The first-order valence-electron chi connectivity index (χ1n) is 16.8. The number of piperidine rings is 1. The Morgan fingerprint density at radius 3 is 2.48 bits per heavy atom. The number of rotatable bonds is 14. The second-order valence-corrected chi connectivity index (χ2v) is 14.1. The minimum absolute atomic E-state index is 0.0319. The van der Waals surface area contributed by atoms with E-state index >= 15 is 0 Å². The molecular formula is C37H51N3O6. The van der Waals surface area contributed by atoms with Crippen LogP contribution >= 0.6 is 0 Å². The van der Waals surface area contributed by atoms with Gasteiger partial charge in [0.1, 0.15) is 11.5 Å². The zero-order valence-electron chi connectivity index (χ0n) is 28.3. The second-order valence-electron chi connectivity index (χ2n) is 14.1. The normalized spacial score (nSPS) is 21.7. The Kier molecular flexibility index (Phi) is 10.5. The van der Waals surface area contributed by atoms with Gasteiger partial charge in [-0.3, -0.25) is 14.4 Å². The van der Waals surface area contributed by atoms with Crippen LogP contribution < -0.4 is 19.9 Å². The summed E-state index contributed by atoms with van der Waals surface area (Å²) in [6, 6.07) is 16.1. The fourth-order valence-corrected chi connectivity index (χ4v) is 6.95. The van der Waals surface area contributed by atoms with Gasteiger partial charge in [0.15, 0.2) is 5.60 Å². The smallest absolute Gasteiger partial charge is 0.270 e. The van der Waals surface area contributed by atoms with Gasteiger partial charge in [-0.1, -0.05) is 30.3 Å². The van der Waals surface area contributed by atoms with E-state index in [4.69, 9.17) is 14.2 Å². The minimum atomic E-state index is -0.983. The predicted octanol–water partition coefficient (Wildman–Crippen LogP) is 5.51. The van der Waals surface area contributed by atoms with Gasteiger partial charge in [-0.05, 0) is 83.6 Å². The second kappa shape index (κ2) is 14.2. The number of carbonyl (C=O) groups is 3. The lowest BCUT2D eigenvalue weighted by Crippen LogP contribution is -2.53. The molecule has 2 aromatic carbocycles. The molecule has 0 unspecified atom stereocenters. The van der Waals surface area contributed by atoms with Gasteiger partial charge in [-0.15, -0.1) is 0 Å². The predicted molar refractivity (Wildman–Crippen MR) is 179 cm³/mol. The highest BCUT2D eigenvalue weighted by Gasteiger charge is 2.43. The van der Waals surface area contributed by atoms with Gasteiger partial charge in [0.2, 0.25) is 5.91 Å². The number of methoxy groups -OCH3 is 2. The molecule has 1 N–H and O–H groups in total. The van der Waals surface area contributed by atoms with Crippen molar-refractivity contribution in [3.63, 3.8) is 0 Å². The number of fused-ring (bicyclic) bond motifs is 1. The molecule has 2 fully saturated rings. The van der Waals surface area contributed by atoms with Crippen LogP contribution in [0.2, 0.25) is 0 Å². The van der Waals surface area contributed by atoms with Crippen LogP contribution in [-0.4, -0.2) is 75.3 Å². The lowest BCUT2D eigenvalue weighted by atomic mass is 9.78. The number of benzene rings is 2. The molecule has 9 nitrogen and oxygen atoms in total. The molecule has 0 spiro atoms. The van der Waals surface area contributed by atoms with E-state index in [1.165, 1.54) is 0 Å². The third-order valence-electron chi connectivity index (χ3n) is 9.92. The molecule has 2 amide bonds. The van der Waals surface area contributed by atoms with Crippen LogP contribution in [-0.2, 0) is 23.9 Å². The van der Waals surface area contributed by atoms with Gasteiger partial charge in [-0.25, -0.2) is 0 Å². The molecule has 5 rings (SSSR count). The lowest BCUT2D eigenvalue weighted by Gasteiger charge is -2.40. The number of hydrogen-bond donors (Lipinski definition) is 1. The average Bonchev–Trinajstić information content (AvgIpc) is 3.89. The van der Waals surface area contributed by atoms with E-state index in [-0.39, 0.29) is 41.4 Å². The number of nitrogens with zero attached hydrogens (tertiary/aromatic N) is 2. The topological polar surface area (TPSA) is 97.4 Å². The molecule has 3 atom stereocenters. The molecule has 46 heavy (non-hydrogen) atoms. The Hall–Kier alpha value is -3.27. The van der Waals surface area contributed by atoms with Gasteiger partial charge >= 0.3 is 0 Å². The maximum Gasteiger partial charge on any atom is 0.270 e. The summed E-state index contributed by atoms with van der Waals surface area (Å²) in [6.45, 7) is 9.86. The summed E-state index contributed by atoms with van der Waals surface area (Å²) in [6.07, 6.45) is 4.19. The highest BCUT2D eigenvalue weighted by atomic mass is 16.5. The van der Waals surface area contributed by atoms with Crippen molar-refractivity contribution in [2.45, 2.75) is 89.4 Å². The highest BCUT2D eigenvalue weighted by molar-refractivity contribution is 6.04. The standard InChI is InChI=1S/C37H51N3O6/c1-36(2,45-6)30(25-11-8-7-9-12-25)16-17-32(41)26-21-27(24-38-23-26)34(42)40(28-13-14-28)29-15-18-33-31(22-29)39(19-10-20-44-5)35(43)37(3,4)46-33/h7-9,11-12,15,18,22,26-28,30,38H,10,13-14,16-17,19-21,23-24H2,1-6H3/t26-,27+,30+/m0/s1. The number of Topliss-reactive ketones (excluding diaryl/α,β-unsaturated/α-hetero) is 1. The minimum Gasteiger partial charge on any atom is -0.476 e. The van der Waals surface area contributed by atoms with Crippen LogP contribution in [0.15, 0.2) is 48.5 Å². The lowest BCUT2D eigenvalue weighted by molar-refractivity contribution is -0.132. The summed E-state index contributed by atoms with van der Waals surface area (Å²) in [5, 5.41) is 3.40. The van der Waals surface area contributed by atoms with Crippen molar-refractivity contribution in [3.05, 3.63) is 54.1 Å². The Labute approximate surface area is 273 Å². The highest BCUT2D eigenvalue weighted by Crippen LogP contribution is 2.43. The fraction of sp³-hybridized carbons (Fsp3) is 0.595. The summed E-state index contributed by atoms with van der Waals surface area (Å²) < 4.78 is 17.2. The number of carbonyl (C=O) groups excluding carboxylic acids is 3. The Bertz CT molecular complexity index is 1390. The molecule has 1 saturated carbocycles. The third-order valence-corrected chi connectivity index (χ3v) is 9.92. The summed E-state index contributed by atoms with van der Waals surface area (Å²) in [7, 11) is 3.37. The van der Waals surface area contributed by atoms with Crippen LogP contribution in [0.3, 0.4) is 0 Å². The zero-order chi connectivity index (χ0) is 33.1. The maximum atomic E-state index is 14.2. The molecule has 1 aliphatic carbocycles. The first-order chi connectivity index (χ1) is 22.0. The molecule has 250 valence electrons. The number of amides is 2. The van der Waals surface area contributed by atoms with E-state index in [1.807, 2.05) is 41.3 Å². The van der Waals surface area contributed by atoms with E-state index in [9.17, 15) is 14.4 Å². The summed E-state index contributed by atoms with van der Waals surface area (Å²) >= 11 is 0. The van der Waals surface area contributed by atoms with E-state index in [2.05, 4.69) is 31.3 Å². The van der Waals surface area contributed by atoms with E-state index in [0.29, 0.717) is 63.4 Å². The molecule has 9 heteroatoms. The van der Waals surface area contributed by atoms with Gasteiger partial charge in [0.25, 0.3) is 5.91 Å². The first-order valence-corrected chi connectivity index (χ1v) is 16.8. The molecular weight excluding hydrogens is 582 g/mol. The van der Waals surface area contributed by atoms with E-state index in [0.717, 1.165) is 24.1 Å². The largest absolute Gasteiger partial charge is 0.476 e.